The first-order valence-corrected chi connectivity index (χ1v) is 9.20. The summed E-state index contributed by atoms with van der Waals surface area (Å²) in [5.41, 5.74) is 2.59. The fraction of sp³-hybridized carbons (Fsp3) is 0.176. The SMILES string of the molecule is Cc1c(Cl)cccc1NC(=O)C(C)Sc1nc2ccccc2s1. The normalized spacial score (nSPS) is 12.3. The summed E-state index contributed by atoms with van der Waals surface area (Å²) in [4.78, 5) is 17.0. The van der Waals surface area contributed by atoms with Crippen LogP contribution in [-0.2, 0) is 4.79 Å². The smallest absolute Gasteiger partial charge is 0.237 e. The maximum absolute atomic E-state index is 12.4. The molecular formula is C17H15ClN2OS2. The van der Waals surface area contributed by atoms with Gasteiger partial charge in [0, 0.05) is 10.7 Å². The zero-order chi connectivity index (χ0) is 16.4. The van der Waals surface area contributed by atoms with Gasteiger partial charge in [-0.3, -0.25) is 4.79 Å². The molecule has 6 heteroatoms. The van der Waals surface area contributed by atoms with Gasteiger partial charge in [0.25, 0.3) is 0 Å². The standard InChI is InChI=1S/C17H15ClN2OS2/c1-10-12(18)6-5-8-13(10)19-16(21)11(2)22-17-20-14-7-3-4-9-15(14)23-17/h3-9,11H,1-2H3,(H,19,21). The molecule has 1 N–H and O–H groups in total. The van der Waals surface area contributed by atoms with Gasteiger partial charge in [-0.15, -0.1) is 11.3 Å². The van der Waals surface area contributed by atoms with Crippen LogP contribution in [0.2, 0.25) is 5.02 Å². The molecule has 0 aliphatic rings. The topological polar surface area (TPSA) is 42.0 Å². The molecule has 0 fully saturated rings. The van der Waals surface area contributed by atoms with Crippen LogP contribution in [0, 0.1) is 6.92 Å². The third-order valence-electron chi connectivity index (χ3n) is 3.45. The molecule has 2 aromatic carbocycles. The van der Waals surface area contributed by atoms with Crippen molar-refractivity contribution in [2.24, 2.45) is 0 Å². The third kappa shape index (κ3) is 3.68. The number of para-hydroxylation sites is 1. The molecular weight excluding hydrogens is 348 g/mol. The average molecular weight is 363 g/mol. The highest BCUT2D eigenvalue weighted by Gasteiger charge is 2.18. The lowest BCUT2D eigenvalue weighted by Crippen LogP contribution is -2.22. The van der Waals surface area contributed by atoms with Crippen LogP contribution in [0.3, 0.4) is 0 Å². The lowest BCUT2D eigenvalue weighted by Gasteiger charge is -2.13. The van der Waals surface area contributed by atoms with Crippen molar-refractivity contribution in [3.63, 3.8) is 0 Å². The maximum Gasteiger partial charge on any atom is 0.237 e. The predicted molar refractivity (Wildman–Crippen MR) is 99.8 cm³/mol. The van der Waals surface area contributed by atoms with E-state index in [9.17, 15) is 4.79 Å². The second-order valence-electron chi connectivity index (χ2n) is 5.11. The first-order chi connectivity index (χ1) is 11.0. The molecule has 3 aromatic rings. The van der Waals surface area contributed by atoms with Gasteiger partial charge < -0.3 is 5.32 Å². The summed E-state index contributed by atoms with van der Waals surface area (Å²) in [6, 6.07) is 13.5. The number of rotatable bonds is 4. The first kappa shape index (κ1) is 16.3. The summed E-state index contributed by atoms with van der Waals surface area (Å²) in [7, 11) is 0. The van der Waals surface area contributed by atoms with E-state index in [4.69, 9.17) is 11.6 Å². The maximum atomic E-state index is 12.4. The van der Waals surface area contributed by atoms with Gasteiger partial charge in [0.1, 0.15) is 0 Å². The van der Waals surface area contributed by atoms with Crippen LogP contribution < -0.4 is 5.32 Å². The molecule has 0 bridgehead atoms. The van der Waals surface area contributed by atoms with E-state index in [1.54, 1.807) is 11.3 Å². The molecule has 0 saturated heterocycles. The minimum Gasteiger partial charge on any atom is -0.325 e. The molecule has 1 atom stereocenters. The Labute approximate surface area is 148 Å². The van der Waals surface area contributed by atoms with Crippen molar-refractivity contribution in [2.45, 2.75) is 23.4 Å². The second-order valence-corrected chi connectivity index (χ2v) is 8.13. The molecule has 1 unspecified atom stereocenters. The lowest BCUT2D eigenvalue weighted by molar-refractivity contribution is -0.115. The van der Waals surface area contributed by atoms with Gasteiger partial charge in [-0.05, 0) is 43.7 Å². The van der Waals surface area contributed by atoms with Crippen molar-refractivity contribution in [3.05, 3.63) is 53.1 Å². The van der Waals surface area contributed by atoms with E-state index in [-0.39, 0.29) is 11.2 Å². The minimum atomic E-state index is -0.242. The van der Waals surface area contributed by atoms with Crippen LogP contribution in [0.5, 0.6) is 0 Å². The van der Waals surface area contributed by atoms with Crippen LogP contribution in [0.1, 0.15) is 12.5 Å². The number of benzene rings is 2. The lowest BCUT2D eigenvalue weighted by atomic mass is 10.2. The zero-order valence-electron chi connectivity index (χ0n) is 12.7. The first-order valence-electron chi connectivity index (χ1n) is 7.13. The fourth-order valence-electron chi connectivity index (χ4n) is 2.08. The van der Waals surface area contributed by atoms with E-state index in [1.807, 2.05) is 56.3 Å². The van der Waals surface area contributed by atoms with E-state index in [2.05, 4.69) is 10.3 Å². The summed E-state index contributed by atoms with van der Waals surface area (Å²) < 4.78 is 2.03. The molecule has 0 spiro atoms. The van der Waals surface area contributed by atoms with Crippen molar-refractivity contribution in [1.29, 1.82) is 0 Å². The Morgan fingerprint density at radius 3 is 2.83 bits per heavy atom. The molecule has 0 saturated carbocycles. The molecule has 0 aliphatic heterocycles. The largest absolute Gasteiger partial charge is 0.325 e. The number of aromatic nitrogens is 1. The number of thioether (sulfide) groups is 1. The number of halogens is 1. The molecule has 3 nitrogen and oxygen atoms in total. The fourth-order valence-corrected chi connectivity index (χ4v) is 4.47. The number of amides is 1. The number of hydrogen-bond acceptors (Lipinski definition) is 4. The molecule has 0 radical (unpaired) electrons. The summed E-state index contributed by atoms with van der Waals surface area (Å²) in [5.74, 6) is -0.0559. The number of thiazole rings is 1. The summed E-state index contributed by atoms with van der Waals surface area (Å²) >= 11 is 9.16. The Balaban J connectivity index is 1.71. The molecule has 1 heterocycles. The van der Waals surface area contributed by atoms with Gasteiger partial charge in [0.05, 0.1) is 15.5 Å². The quantitative estimate of drug-likeness (QED) is 0.634. The van der Waals surface area contributed by atoms with Gasteiger partial charge in [0.2, 0.25) is 5.91 Å². The van der Waals surface area contributed by atoms with Crippen LogP contribution in [0.15, 0.2) is 46.8 Å². The molecule has 3 rings (SSSR count). The Morgan fingerprint density at radius 2 is 2.04 bits per heavy atom. The molecule has 1 aromatic heterocycles. The van der Waals surface area contributed by atoms with Crippen LogP contribution >= 0.6 is 34.7 Å². The van der Waals surface area contributed by atoms with Crippen LogP contribution in [0.25, 0.3) is 10.2 Å². The summed E-state index contributed by atoms with van der Waals surface area (Å²) in [6.07, 6.45) is 0. The number of carbonyl (C=O) groups excluding carboxylic acids is 1. The van der Waals surface area contributed by atoms with E-state index >= 15 is 0 Å². The third-order valence-corrected chi connectivity index (χ3v) is 6.09. The molecule has 118 valence electrons. The van der Waals surface area contributed by atoms with E-state index in [1.165, 1.54) is 11.8 Å². The second kappa shape index (κ2) is 6.91. The molecule has 23 heavy (non-hydrogen) atoms. The van der Waals surface area contributed by atoms with Crippen molar-refractivity contribution < 1.29 is 4.79 Å². The Bertz CT molecular complexity index is 830. The average Bonchev–Trinajstić information content (AvgIpc) is 2.93. The predicted octanol–water partition coefficient (Wildman–Crippen LogP) is 5.38. The Morgan fingerprint density at radius 1 is 1.26 bits per heavy atom. The van der Waals surface area contributed by atoms with E-state index in [0.717, 1.165) is 25.8 Å². The Hall–Kier alpha value is -1.56. The van der Waals surface area contributed by atoms with Crippen LogP contribution in [0.4, 0.5) is 5.69 Å². The van der Waals surface area contributed by atoms with Gasteiger partial charge in [0.15, 0.2) is 4.34 Å². The van der Waals surface area contributed by atoms with Gasteiger partial charge in [-0.25, -0.2) is 4.98 Å². The van der Waals surface area contributed by atoms with Crippen molar-refractivity contribution >= 4 is 56.5 Å². The highest BCUT2D eigenvalue weighted by molar-refractivity contribution is 8.02. The number of hydrogen-bond donors (Lipinski definition) is 1. The highest BCUT2D eigenvalue weighted by Crippen LogP contribution is 2.32. The van der Waals surface area contributed by atoms with E-state index in [0.29, 0.717) is 5.02 Å². The number of fused-ring (bicyclic) bond motifs is 1. The molecule has 0 aliphatic carbocycles. The summed E-state index contributed by atoms with van der Waals surface area (Å²) in [5, 5.41) is 3.34. The zero-order valence-corrected chi connectivity index (χ0v) is 15.1. The van der Waals surface area contributed by atoms with Gasteiger partial charge in [-0.2, -0.15) is 0 Å². The number of carbonyl (C=O) groups is 1. The molecule has 1 amide bonds. The van der Waals surface area contributed by atoms with Crippen molar-refractivity contribution in [1.82, 2.24) is 4.98 Å². The minimum absolute atomic E-state index is 0.0559. The summed E-state index contributed by atoms with van der Waals surface area (Å²) in [6.45, 7) is 3.77. The van der Waals surface area contributed by atoms with Gasteiger partial charge in [-0.1, -0.05) is 41.6 Å². The number of nitrogens with zero attached hydrogens (tertiary/aromatic N) is 1. The highest BCUT2D eigenvalue weighted by atomic mass is 35.5. The monoisotopic (exact) mass is 362 g/mol. The van der Waals surface area contributed by atoms with E-state index < -0.39 is 0 Å². The Kier molecular flexibility index (Phi) is 4.90. The number of nitrogens with one attached hydrogen (secondary N) is 1. The van der Waals surface area contributed by atoms with Crippen LogP contribution in [-0.4, -0.2) is 16.1 Å². The van der Waals surface area contributed by atoms with Crippen molar-refractivity contribution in [3.8, 4) is 0 Å². The number of anilines is 1. The van der Waals surface area contributed by atoms with Gasteiger partial charge >= 0.3 is 0 Å². The van der Waals surface area contributed by atoms with Crippen molar-refractivity contribution in [2.75, 3.05) is 5.32 Å².